The first kappa shape index (κ1) is 30.0. The lowest BCUT2D eigenvalue weighted by molar-refractivity contribution is -0.401. The zero-order valence-electron chi connectivity index (χ0n) is 20.4. The van der Waals surface area contributed by atoms with Crippen molar-refractivity contribution in [3.05, 3.63) is 64.2 Å². The minimum atomic E-state index is -1.74. The molecule has 1 heterocycles. The highest BCUT2D eigenvalue weighted by Crippen LogP contribution is 2.40. The van der Waals surface area contributed by atoms with Crippen LogP contribution in [0.2, 0.25) is 5.02 Å². The Morgan fingerprint density at radius 2 is 1.61 bits per heavy atom. The van der Waals surface area contributed by atoms with Crippen LogP contribution in [0.3, 0.4) is 0 Å². The SMILES string of the molecule is CCOc1ccc(Cc2cc([C@]3(OC)O[C@H](OC)[C@@H](O)[C@H](O)[C@H]3O)ccc2Cl)cc1.OCC#CCO. The molecular formula is C26H33ClO9. The predicted octanol–water partition coefficient (Wildman–Crippen LogP) is 1.19. The average Bonchev–Trinajstić information content (AvgIpc) is 2.89. The summed E-state index contributed by atoms with van der Waals surface area (Å²) in [4.78, 5) is 0. The summed E-state index contributed by atoms with van der Waals surface area (Å²) >= 11 is 6.42. The van der Waals surface area contributed by atoms with Gasteiger partial charge in [-0.25, -0.2) is 0 Å². The van der Waals surface area contributed by atoms with Gasteiger partial charge in [-0.15, -0.1) is 0 Å². The van der Waals surface area contributed by atoms with Crippen molar-refractivity contribution in [2.75, 3.05) is 34.0 Å². The number of hydrogen-bond acceptors (Lipinski definition) is 9. The van der Waals surface area contributed by atoms with Crippen LogP contribution in [0.15, 0.2) is 42.5 Å². The molecule has 0 aliphatic carbocycles. The van der Waals surface area contributed by atoms with Crippen molar-refractivity contribution < 1.29 is 44.5 Å². The molecular weight excluding hydrogens is 492 g/mol. The van der Waals surface area contributed by atoms with Crippen LogP contribution in [0, 0.1) is 11.8 Å². The maximum Gasteiger partial charge on any atom is 0.226 e. The van der Waals surface area contributed by atoms with Gasteiger partial charge in [0.2, 0.25) is 5.79 Å². The van der Waals surface area contributed by atoms with Gasteiger partial charge in [0.25, 0.3) is 0 Å². The normalized spacial score (nSPS) is 25.2. The second-order valence-corrected chi connectivity index (χ2v) is 8.16. The summed E-state index contributed by atoms with van der Waals surface area (Å²) in [6, 6.07) is 12.8. The van der Waals surface area contributed by atoms with Crippen molar-refractivity contribution >= 4 is 11.6 Å². The van der Waals surface area contributed by atoms with E-state index < -0.39 is 30.4 Å². The van der Waals surface area contributed by atoms with Gasteiger partial charge in [-0.2, -0.15) is 0 Å². The van der Waals surface area contributed by atoms with Crippen LogP contribution < -0.4 is 4.74 Å². The molecule has 0 aromatic heterocycles. The highest BCUT2D eigenvalue weighted by atomic mass is 35.5. The lowest BCUT2D eigenvalue weighted by atomic mass is 9.88. The summed E-state index contributed by atoms with van der Waals surface area (Å²) in [7, 11) is 2.68. The highest BCUT2D eigenvalue weighted by molar-refractivity contribution is 6.31. The van der Waals surface area contributed by atoms with Crippen LogP contribution in [0.25, 0.3) is 0 Å². The number of aliphatic hydroxyl groups is 5. The third-order valence-electron chi connectivity index (χ3n) is 5.53. The quantitative estimate of drug-likeness (QED) is 0.338. The van der Waals surface area contributed by atoms with Crippen molar-refractivity contribution in [2.24, 2.45) is 0 Å². The van der Waals surface area contributed by atoms with Crippen molar-refractivity contribution in [1.29, 1.82) is 0 Å². The summed E-state index contributed by atoms with van der Waals surface area (Å²) in [5, 5.41) is 47.5. The van der Waals surface area contributed by atoms with Gasteiger partial charge in [0.15, 0.2) is 6.29 Å². The van der Waals surface area contributed by atoms with Gasteiger partial charge in [-0.1, -0.05) is 41.6 Å². The smallest absolute Gasteiger partial charge is 0.226 e. The molecule has 36 heavy (non-hydrogen) atoms. The van der Waals surface area contributed by atoms with E-state index in [0.29, 0.717) is 23.6 Å². The minimum absolute atomic E-state index is 0.166. The zero-order chi connectivity index (χ0) is 26.7. The molecule has 2 aromatic rings. The largest absolute Gasteiger partial charge is 0.494 e. The van der Waals surface area contributed by atoms with Gasteiger partial charge in [0.1, 0.15) is 37.3 Å². The molecule has 5 N–H and O–H groups in total. The third kappa shape index (κ3) is 7.17. The minimum Gasteiger partial charge on any atom is -0.494 e. The summed E-state index contributed by atoms with van der Waals surface area (Å²) in [6.07, 6.45) is -5.18. The molecule has 10 heteroatoms. The topological polar surface area (TPSA) is 138 Å². The number of benzene rings is 2. The molecule has 0 radical (unpaired) electrons. The van der Waals surface area contributed by atoms with Crippen LogP contribution in [0.5, 0.6) is 5.75 Å². The van der Waals surface area contributed by atoms with Crippen LogP contribution in [-0.4, -0.2) is 84.2 Å². The zero-order valence-corrected chi connectivity index (χ0v) is 21.2. The first-order chi connectivity index (χ1) is 17.3. The molecule has 3 rings (SSSR count). The van der Waals surface area contributed by atoms with Gasteiger partial charge in [-0.05, 0) is 48.7 Å². The summed E-state index contributed by atoms with van der Waals surface area (Å²) in [5.41, 5.74) is 2.23. The van der Waals surface area contributed by atoms with Crippen LogP contribution in [0.1, 0.15) is 23.6 Å². The highest BCUT2D eigenvalue weighted by Gasteiger charge is 2.55. The molecule has 0 spiro atoms. The second-order valence-electron chi connectivity index (χ2n) is 7.75. The van der Waals surface area contributed by atoms with Crippen LogP contribution in [0.4, 0.5) is 0 Å². The standard InChI is InChI=1S/C22H27ClO7.C4H6O2/c1-4-29-16-8-5-13(6-9-16)11-14-12-15(7-10-17(14)23)22(28-3)20(26)18(24)19(25)21(27-2)30-22;5-3-1-2-4-6/h5-10,12,18-21,24-26H,4,11H2,1-3H3;5-6H,3-4H2/t18-,19-,20+,21-,22-;/m0./s1. The molecule has 2 aromatic carbocycles. The summed E-state index contributed by atoms with van der Waals surface area (Å²) in [6.45, 7) is 2.19. The Morgan fingerprint density at radius 1 is 0.972 bits per heavy atom. The number of hydrogen-bond donors (Lipinski definition) is 5. The Hall–Kier alpha value is -2.23. The molecule has 5 atom stereocenters. The van der Waals surface area contributed by atoms with Gasteiger partial charge in [0, 0.05) is 24.8 Å². The van der Waals surface area contributed by atoms with E-state index in [4.69, 9.17) is 40.8 Å². The van der Waals surface area contributed by atoms with E-state index in [1.165, 1.54) is 14.2 Å². The van der Waals surface area contributed by atoms with Crippen LogP contribution >= 0.6 is 11.6 Å². The van der Waals surface area contributed by atoms with Crippen molar-refractivity contribution in [3.63, 3.8) is 0 Å². The Morgan fingerprint density at radius 3 is 2.14 bits per heavy atom. The van der Waals surface area contributed by atoms with Crippen molar-refractivity contribution in [2.45, 2.75) is 43.7 Å². The molecule has 1 saturated heterocycles. The molecule has 9 nitrogen and oxygen atoms in total. The second kappa shape index (κ2) is 14.5. The Labute approximate surface area is 215 Å². The maximum atomic E-state index is 10.7. The van der Waals surface area contributed by atoms with Gasteiger partial charge >= 0.3 is 0 Å². The van der Waals surface area contributed by atoms with E-state index in [9.17, 15) is 15.3 Å². The summed E-state index contributed by atoms with van der Waals surface area (Å²) in [5.74, 6) is 3.56. The van der Waals surface area contributed by atoms with Gasteiger partial charge in [-0.3, -0.25) is 0 Å². The molecule has 198 valence electrons. The molecule has 1 fully saturated rings. The fourth-order valence-electron chi connectivity index (χ4n) is 3.73. The van der Waals surface area contributed by atoms with E-state index in [2.05, 4.69) is 11.8 Å². The number of aliphatic hydroxyl groups excluding tert-OH is 5. The molecule has 1 aliphatic rings. The van der Waals surface area contributed by atoms with E-state index in [0.717, 1.165) is 16.9 Å². The average molecular weight is 525 g/mol. The Kier molecular flexibility index (Phi) is 12.1. The predicted molar refractivity (Wildman–Crippen MR) is 132 cm³/mol. The first-order valence-corrected chi connectivity index (χ1v) is 11.6. The van der Waals surface area contributed by atoms with Gasteiger partial charge < -0.3 is 44.5 Å². The molecule has 0 unspecified atom stereocenters. The van der Waals surface area contributed by atoms with E-state index in [1.807, 2.05) is 31.2 Å². The number of ether oxygens (including phenoxy) is 4. The van der Waals surface area contributed by atoms with E-state index >= 15 is 0 Å². The fraction of sp³-hybridized carbons (Fsp3) is 0.462. The first-order valence-electron chi connectivity index (χ1n) is 11.3. The molecule has 0 amide bonds. The van der Waals surface area contributed by atoms with Crippen LogP contribution in [-0.2, 0) is 26.4 Å². The lowest BCUT2D eigenvalue weighted by Gasteiger charge is -2.47. The van der Waals surface area contributed by atoms with Crippen molar-refractivity contribution in [1.82, 2.24) is 0 Å². The lowest BCUT2D eigenvalue weighted by Crippen LogP contribution is -2.63. The molecule has 0 saturated carbocycles. The van der Waals surface area contributed by atoms with Crippen molar-refractivity contribution in [3.8, 4) is 17.6 Å². The Bertz CT molecular complexity index is 995. The maximum absolute atomic E-state index is 10.7. The number of halogens is 1. The third-order valence-corrected chi connectivity index (χ3v) is 5.90. The summed E-state index contributed by atoms with van der Waals surface area (Å²) < 4.78 is 21.9. The van der Waals surface area contributed by atoms with E-state index in [-0.39, 0.29) is 13.2 Å². The number of rotatable bonds is 7. The van der Waals surface area contributed by atoms with Gasteiger partial charge in [0.05, 0.1) is 6.61 Å². The fourth-order valence-corrected chi connectivity index (χ4v) is 3.91. The Balaban J connectivity index is 0.000000678. The van der Waals surface area contributed by atoms with E-state index in [1.54, 1.807) is 18.2 Å². The number of methoxy groups -OCH3 is 2. The molecule has 0 bridgehead atoms. The molecule has 1 aliphatic heterocycles. The monoisotopic (exact) mass is 524 g/mol.